The number of pyridine rings is 1. The van der Waals surface area contributed by atoms with Crippen LogP contribution in [0.3, 0.4) is 0 Å². The molecule has 1 aliphatic carbocycles. The summed E-state index contributed by atoms with van der Waals surface area (Å²) in [5.74, 6) is -0.0625. The summed E-state index contributed by atoms with van der Waals surface area (Å²) in [6, 6.07) is 18.4. The normalized spacial score (nSPS) is 13.2. The molecule has 0 saturated carbocycles. The van der Waals surface area contributed by atoms with E-state index >= 15 is 0 Å². The van der Waals surface area contributed by atoms with E-state index in [2.05, 4.69) is 48.5 Å². The molecule has 3 nitrogen and oxygen atoms in total. The van der Waals surface area contributed by atoms with E-state index in [1.165, 1.54) is 66.5 Å². The van der Waals surface area contributed by atoms with E-state index in [1.54, 1.807) is 10.4 Å². The first kappa shape index (κ1) is 23.3. The van der Waals surface area contributed by atoms with Gasteiger partial charge in [0.15, 0.2) is 5.78 Å². The van der Waals surface area contributed by atoms with Gasteiger partial charge in [0.05, 0.1) is 5.76 Å². The molecule has 0 fully saturated rings. The van der Waals surface area contributed by atoms with Gasteiger partial charge in [-0.15, -0.1) is 23.8 Å². The smallest absolute Gasteiger partial charge is 0.155 e. The molecule has 0 bridgehead atoms. The number of aromatic nitrogens is 1. The van der Waals surface area contributed by atoms with Crippen LogP contribution in [0.1, 0.15) is 37.1 Å². The Hall–Kier alpha value is -2.33. The van der Waals surface area contributed by atoms with E-state index in [0.29, 0.717) is 0 Å². The number of hydrogen-bond acceptors (Lipinski definition) is 4. The van der Waals surface area contributed by atoms with E-state index in [4.69, 9.17) is 10.1 Å². The molecule has 161 valence electrons. The summed E-state index contributed by atoms with van der Waals surface area (Å²) < 4.78 is 1.36. The largest absolute Gasteiger partial charge is 0.512 e. The minimum absolute atomic E-state index is 0. The molecule has 0 unspecified atom stereocenters. The summed E-state index contributed by atoms with van der Waals surface area (Å²) in [6.45, 7) is 2.85. The van der Waals surface area contributed by atoms with E-state index in [1.807, 2.05) is 17.5 Å². The second-order valence-corrected chi connectivity index (χ2v) is 8.72. The number of nitrogens with zero attached hydrogens (tertiary/aromatic N) is 1. The molecule has 2 aromatic carbocycles. The fraction of sp³-hybridized carbons (Fsp3) is 0.231. The van der Waals surface area contributed by atoms with Crippen LogP contribution in [0.2, 0.25) is 0 Å². The molecule has 5 rings (SSSR count). The van der Waals surface area contributed by atoms with E-state index in [9.17, 15) is 4.79 Å². The molecule has 0 aliphatic heterocycles. The van der Waals surface area contributed by atoms with Crippen molar-refractivity contribution in [2.45, 2.75) is 39.5 Å². The van der Waals surface area contributed by atoms with Crippen LogP contribution in [0.5, 0.6) is 0 Å². The second kappa shape index (κ2) is 10.3. The summed E-state index contributed by atoms with van der Waals surface area (Å²) in [5, 5.41) is 12.2. The van der Waals surface area contributed by atoms with Gasteiger partial charge in [-0.2, -0.15) is 11.3 Å². The summed E-state index contributed by atoms with van der Waals surface area (Å²) in [7, 11) is 0. The fourth-order valence-electron chi connectivity index (χ4n) is 3.93. The average molecular weight is 607 g/mol. The summed E-state index contributed by atoms with van der Waals surface area (Å²) in [4.78, 5) is 16.3. The molecule has 5 heteroatoms. The maximum Gasteiger partial charge on any atom is 0.155 e. The number of ketones is 1. The van der Waals surface area contributed by atoms with Crippen molar-refractivity contribution in [3.8, 4) is 11.3 Å². The zero-order valence-corrected chi connectivity index (χ0v) is 20.8. The Kier molecular flexibility index (Phi) is 7.77. The van der Waals surface area contributed by atoms with Crippen molar-refractivity contribution in [1.29, 1.82) is 0 Å². The van der Waals surface area contributed by atoms with Gasteiger partial charge >= 0.3 is 0 Å². The van der Waals surface area contributed by atoms with Gasteiger partial charge in [-0.05, 0) is 71.1 Å². The maximum absolute atomic E-state index is 10.0. The van der Waals surface area contributed by atoms with Gasteiger partial charge in [-0.25, -0.2) is 0 Å². The van der Waals surface area contributed by atoms with Crippen LogP contribution in [0, 0.1) is 6.07 Å². The van der Waals surface area contributed by atoms with Gasteiger partial charge in [-0.1, -0.05) is 35.7 Å². The van der Waals surface area contributed by atoms with Gasteiger partial charge in [0.25, 0.3) is 0 Å². The third kappa shape index (κ3) is 5.30. The van der Waals surface area contributed by atoms with Crippen molar-refractivity contribution in [3.63, 3.8) is 0 Å². The molecule has 1 aliphatic rings. The van der Waals surface area contributed by atoms with Crippen LogP contribution in [0.4, 0.5) is 0 Å². The first-order valence-corrected chi connectivity index (χ1v) is 11.0. The van der Waals surface area contributed by atoms with E-state index < -0.39 is 0 Å². The van der Waals surface area contributed by atoms with Gasteiger partial charge in [0.1, 0.15) is 0 Å². The van der Waals surface area contributed by atoms with Crippen LogP contribution < -0.4 is 0 Å². The summed E-state index contributed by atoms with van der Waals surface area (Å²) >= 11 is 1.96. The SMILES string of the molecule is CC(=O)/C=C(/C)O.[Ir].[c-]1ccc2c3c(sc2c1-c1cc2ccccc2cn1)CCCC3. The van der Waals surface area contributed by atoms with Crippen molar-refractivity contribution in [3.05, 3.63) is 77.0 Å². The fourth-order valence-corrected chi connectivity index (χ4v) is 5.33. The predicted octanol–water partition coefficient (Wildman–Crippen LogP) is 6.83. The van der Waals surface area contributed by atoms with Crippen molar-refractivity contribution in [2.75, 3.05) is 0 Å². The second-order valence-electron chi connectivity index (χ2n) is 7.62. The molecule has 2 aromatic heterocycles. The molecular weight excluding hydrogens is 583 g/mol. The molecule has 2 heterocycles. The Morgan fingerprint density at radius 2 is 1.87 bits per heavy atom. The van der Waals surface area contributed by atoms with E-state index in [0.717, 1.165) is 11.3 Å². The molecule has 1 radical (unpaired) electrons. The van der Waals surface area contributed by atoms with Crippen LogP contribution in [-0.4, -0.2) is 15.9 Å². The van der Waals surface area contributed by atoms with E-state index in [-0.39, 0.29) is 31.6 Å². The topological polar surface area (TPSA) is 50.2 Å². The van der Waals surface area contributed by atoms with Crippen molar-refractivity contribution in [2.24, 2.45) is 0 Å². The molecule has 4 aromatic rings. The number of benzene rings is 2. The zero-order chi connectivity index (χ0) is 21.1. The summed E-state index contributed by atoms with van der Waals surface area (Å²) in [5.41, 5.74) is 3.77. The number of hydrogen-bond donors (Lipinski definition) is 1. The quantitative estimate of drug-likeness (QED) is 0.155. The van der Waals surface area contributed by atoms with Gasteiger partial charge < -0.3 is 10.1 Å². The molecule has 0 spiro atoms. The summed E-state index contributed by atoms with van der Waals surface area (Å²) in [6.07, 6.45) is 8.25. The van der Waals surface area contributed by atoms with Gasteiger partial charge in [0, 0.05) is 32.4 Å². The number of aliphatic hydroxyl groups is 1. The Morgan fingerprint density at radius 3 is 2.58 bits per heavy atom. The predicted molar refractivity (Wildman–Crippen MR) is 125 cm³/mol. The van der Waals surface area contributed by atoms with Crippen LogP contribution in [-0.2, 0) is 37.7 Å². The molecular formula is C26H24IrNO2S-. The Labute approximate surface area is 200 Å². The maximum atomic E-state index is 10.0. The minimum atomic E-state index is -0.125. The van der Waals surface area contributed by atoms with Gasteiger partial charge in [-0.3, -0.25) is 4.79 Å². The van der Waals surface area contributed by atoms with Gasteiger partial charge in [0.2, 0.25) is 0 Å². The number of allylic oxidation sites excluding steroid dienone is 2. The third-order valence-corrected chi connectivity index (χ3v) is 6.54. The number of rotatable bonds is 2. The van der Waals surface area contributed by atoms with Crippen molar-refractivity contribution < 1.29 is 30.0 Å². The van der Waals surface area contributed by atoms with Crippen LogP contribution >= 0.6 is 11.3 Å². The Bertz CT molecular complexity index is 1250. The number of fused-ring (bicyclic) bond motifs is 4. The monoisotopic (exact) mass is 607 g/mol. The molecule has 0 amide bonds. The molecule has 31 heavy (non-hydrogen) atoms. The van der Waals surface area contributed by atoms with Crippen molar-refractivity contribution in [1.82, 2.24) is 4.98 Å². The standard InChI is InChI=1S/C21H16NS.C5H8O2.Ir/c1-2-7-15-13-22-19(12-14(15)6-1)18-10-5-9-17-16-8-3-4-11-20(16)23-21(17)18;1-4(6)3-5(2)7;/h1-2,5-7,9,12-13H,3-4,8,11H2;3,6H,1-2H3;/q-1;;/b;4-3-;. The Morgan fingerprint density at radius 1 is 1.13 bits per heavy atom. The van der Waals surface area contributed by atoms with Crippen molar-refractivity contribution >= 4 is 38.0 Å². The number of carbonyl (C=O) groups is 1. The number of thiophene rings is 1. The molecule has 1 N–H and O–H groups in total. The van der Waals surface area contributed by atoms with Crippen LogP contribution in [0.25, 0.3) is 32.1 Å². The zero-order valence-electron chi connectivity index (χ0n) is 17.6. The first-order valence-electron chi connectivity index (χ1n) is 10.2. The molecule has 0 saturated heterocycles. The average Bonchev–Trinajstić information content (AvgIpc) is 3.12. The number of aryl methyl sites for hydroxylation is 2. The number of aliphatic hydroxyl groups excluding tert-OH is 1. The molecule has 0 atom stereocenters. The third-order valence-electron chi connectivity index (χ3n) is 5.22. The first-order chi connectivity index (χ1) is 14.5. The minimum Gasteiger partial charge on any atom is -0.512 e. The Balaban J connectivity index is 0.000000299. The number of carbonyl (C=O) groups excluding carboxylic acids is 1. The van der Waals surface area contributed by atoms with Crippen LogP contribution in [0.15, 0.2) is 60.5 Å².